The Hall–Kier alpha value is 0.570. The van der Waals surface area contributed by atoms with Crippen molar-refractivity contribution in [1.29, 1.82) is 0 Å². The van der Waals surface area contributed by atoms with E-state index in [0.29, 0.717) is 21.2 Å². The SMILES string of the molecule is O=S(=O)(c1cc(Br)ccc1Br)N(CCBr)C1CC1. The second-order valence-corrected chi connectivity index (χ2v) is 8.53. The zero-order valence-electron chi connectivity index (χ0n) is 9.44. The predicted molar refractivity (Wildman–Crippen MR) is 82.5 cm³/mol. The smallest absolute Gasteiger partial charge is 0.207 e. The third-order valence-electron chi connectivity index (χ3n) is 2.74. The zero-order valence-corrected chi connectivity index (χ0v) is 15.0. The lowest BCUT2D eigenvalue weighted by atomic mass is 10.4. The summed E-state index contributed by atoms with van der Waals surface area (Å²) in [6.07, 6.45) is 1.91. The van der Waals surface area contributed by atoms with Crippen LogP contribution >= 0.6 is 47.8 Å². The Kier molecular flexibility index (Phi) is 4.91. The number of halogens is 3. The topological polar surface area (TPSA) is 37.4 Å². The number of alkyl halides is 1. The third-order valence-corrected chi connectivity index (χ3v) is 6.53. The van der Waals surface area contributed by atoms with Crippen LogP contribution in [0, 0.1) is 0 Å². The molecule has 2 rings (SSSR count). The highest BCUT2D eigenvalue weighted by molar-refractivity contribution is 9.11. The van der Waals surface area contributed by atoms with Crippen LogP contribution in [0.4, 0.5) is 0 Å². The summed E-state index contributed by atoms with van der Waals surface area (Å²) in [6, 6.07) is 5.37. The molecule has 0 atom stereocenters. The van der Waals surface area contributed by atoms with Crippen molar-refractivity contribution in [2.24, 2.45) is 0 Å². The maximum atomic E-state index is 12.6. The molecular formula is C11H12Br3NO2S. The molecule has 0 aromatic heterocycles. The number of nitrogens with zero attached hydrogens (tertiary/aromatic N) is 1. The van der Waals surface area contributed by atoms with Gasteiger partial charge in [0.2, 0.25) is 10.0 Å². The van der Waals surface area contributed by atoms with Gasteiger partial charge in [-0.1, -0.05) is 31.9 Å². The Morgan fingerprint density at radius 2 is 1.94 bits per heavy atom. The molecule has 18 heavy (non-hydrogen) atoms. The second kappa shape index (κ2) is 5.91. The van der Waals surface area contributed by atoms with Gasteiger partial charge in [0, 0.05) is 26.9 Å². The average molecular weight is 462 g/mol. The Morgan fingerprint density at radius 1 is 1.28 bits per heavy atom. The fourth-order valence-electron chi connectivity index (χ4n) is 1.75. The van der Waals surface area contributed by atoms with Crippen LogP contribution in [-0.2, 0) is 10.0 Å². The van der Waals surface area contributed by atoms with E-state index in [4.69, 9.17) is 0 Å². The van der Waals surface area contributed by atoms with Gasteiger partial charge in [0.15, 0.2) is 0 Å². The van der Waals surface area contributed by atoms with Crippen LogP contribution in [0.5, 0.6) is 0 Å². The van der Waals surface area contributed by atoms with Crippen molar-refractivity contribution in [2.45, 2.75) is 23.8 Å². The molecule has 0 amide bonds. The summed E-state index contributed by atoms with van der Waals surface area (Å²) in [5.74, 6) is 0. The normalized spacial score (nSPS) is 16.2. The molecule has 1 aliphatic rings. The molecule has 0 N–H and O–H groups in total. The minimum absolute atomic E-state index is 0.165. The molecular weight excluding hydrogens is 450 g/mol. The third kappa shape index (κ3) is 3.17. The van der Waals surface area contributed by atoms with Gasteiger partial charge in [-0.25, -0.2) is 8.42 Å². The molecule has 7 heteroatoms. The van der Waals surface area contributed by atoms with E-state index in [1.54, 1.807) is 16.4 Å². The standard InChI is InChI=1S/C11H12Br3NO2S/c12-5-6-15(9-2-3-9)18(16,17)11-7-8(13)1-4-10(11)14/h1,4,7,9H,2-3,5-6H2. The summed E-state index contributed by atoms with van der Waals surface area (Å²) in [4.78, 5) is 0.324. The van der Waals surface area contributed by atoms with Gasteiger partial charge in [-0.15, -0.1) is 0 Å². The van der Waals surface area contributed by atoms with Gasteiger partial charge in [0.1, 0.15) is 0 Å². The monoisotopic (exact) mass is 459 g/mol. The molecule has 1 saturated carbocycles. The molecule has 0 saturated heterocycles. The maximum Gasteiger partial charge on any atom is 0.244 e. The molecule has 0 unspecified atom stereocenters. The van der Waals surface area contributed by atoms with E-state index >= 15 is 0 Å². The minimum Gasteiger partial charge on any atom is -0.207 e. The van der Waals surface area contributed by atoms with Gasteiger partial charge in [-0.2, -0.15) is 4.31 Å². The maximum absolute atomic E-state index is 12.6. The quantitative estimate of drug-likeness (QED) is 0.626. The first-order valence-electron chi connectivity index (χ1n) is 5.49. The van der Waals surface area contributed by atoms with Crippen LogP contribution in [0.25, 0.3) is 0 Å². The molecule has 3 nitrogen and oxygen atoms in total. The summed E-state index contributed by atoms with van der Waals surface area (Å²) in [7, 11) is -3.43. The molecule has 1 aromatic carbocycles. The molecule has 0 bridgehead atoms. The van der Waals surface area contributed by atoms with E-state index in [2.05, 4.69) is 47.8 Å². The van der Waals surface area contributed by atoms with Gasteiger partial charge in [0.05, 0.1) is 4.90 Å². The van der Waals surface area contributed by atoms with E-state index in [9.17, 15) is 8.42 Å². The van der Waals surface area contributed by atoms with Gasteiger partial charge >= 0.3 is 0 Å². The zero-order chi connectivity index (χ0) is 13.3. The van der Waals surface area contributed by atoms with Gasteiger partial charge in [0.25, 0.3) is 0 Å². The van der Waals surface area contributed by atoms with Crippen molar-refractivity contribution in [1.82, 2.24) is 4.31 Å². The molecule has 0 aliphatic heterocycles. The first kappa shape index (κ1) is 15.0. The summed E-state index contributed by atoms with van der Waals surface area (Å²) in [5, 5.41) is 0.647. The first-order chi connectivity index (χ1) is 8.46. The first-order valence-corrected chi connectivity index (χ1v) is 9.64. The van der Waals surface area contributed by atoms with Crippen LogP contribution in [0.1, 0.15) is 12.8 Å². The highest BCUT2D eigenvalue weighted by atomic mass is 79.9. The summed E-state index contributed by atoms with van der Waals surface area (Å²) >= 11 is 9.95. The molecule has 0 spiro atoms. The van der Waals surface area contributed by atoms with Crippen LogP contribution < -0.4 is 0 Å². The van der Waals surface area contributed by atoms with Crippen LogP contribution in [-0.4, -0.2) is 30.6 Å². The summed E-state index contributed by atoms with van der Waals surface area (Å²) in [5.41, 5.74) is 0. The number of hydrogen-bond acceptors (Lipinski definition) is 2. The lowest BCUT2D eigenvalue weighted by molar-refractivity contribution is 0.424. The number of sulfonamides is 1. The number of hydrogen-bond donors (Lipinski definition) is 0. The second-order valence-electron chi connectivity index (χ2n) is 4.11. The van der Waals surface area contributed by atoms with E-state index in [0.717, 1.165) is 17.3 Å². The Labute approximate surface area is 132 Å². The molecule has 0 heterocycles. The average Bonchev–Trinajstić information content (AvgIpc) is 3.13. The predicted octanol–water partition coefficient (Wildman–Crippen LogP) is 3.76. The lowest BCUT2D eigenvalue weighted by Gasteiger charge is -2.21. The van der Waals surface area contributed by atoms with Gasteiger partial charge < -0.3 is 0 Å². The summed E-state index contributed by atoms with van der Waals surface area (Å²) < 4.78 is 28.2. The largest absolute Gasteiger partial charge is 0.244 e. The fraction of sp³-hybridized carbons (Fsp3) is 0.455. The highest BCUT2D eigenvalue weighted by Crippen LogP contribution is 2.35. The minimum atomic E-state index is -3.43. The Bertz CT molecular complexity index is 543. The van der Waals surface area contributed by atoms with Crippen molar-refractivity contribution >= 4 is 57.8 Å². The molecule has 1 fully saturated rings. The fourth-order valence-corrected chi connectivity index (χ4v) is 5.51. The Morgan fingerprint density at radius 3 is 2.50 bits per heavy atom. The van der Waals surface area contributed by atoms with Crippen molar-refractivity contribution in [3.05, 3.63) is 27.1 Å². The van der Waals surface area contributed by atoms with E-state index < -0.39 is 10.0 Å². The molecule has 0 radical (unpaired) electrons. The lowest BCUT2D eigenvalue weighted by Crippen LogP contribution is -2.34. The van der Waals surface area contributed by atoms with E-state index in [1.165, 1.54) is 0 Å². The van der Waals surface area contributed by atoms with E-state index in [-0.39, 0.29) is 6.04 Å². The molecule has 1 aromatic rings. The van der Waals surface area contributed by atoms with Crippen LogP contribution in [0.3, 0.4) is 0 Å². The van der Waals surface area contributed by atoms with E-state index in [1.807, 2.05) is 6.07 Å². The molecule has 1 aliphatic carbocycles. The summed E-state index contributed by atoms with van der Waals surface area (Å²) in [6.45, 7) is 0.506. The highest BCUT2D eigenvalue weighted by Gasteiger charge is 2.38. The van der Waals surface area contributed by atoms with Crippen molar-refractivity contribution in [3.8, 4) is 0 Å². The van der Waals surface area contributed by atoms with Crippen molar-refractivity contribution in [3.63, 3.8) is 0 Å². The van der Waals surface area contributed by atoms with Crippen LogP contribution in [0.2, 0.25) is 0 Å². The Balaban J connectivity index is 2.42. The number of benzene rings is 1. The van der Waals surface area contributed by atoms with Crippen molar-refractivity contribution < 1.29 is 8.42 Å². The van der Waals surface area contributed by atoms with Crippen molar-refractivity contribution in [2.75, 3.05) is 11.9 Å². The molecule has 100 valence electrons. The van der Waals surface area contributed by atoms with Gasteiger partial charge in [-0.3, -0.25) is 0 Å². The van der Waals surface area contributed by atoms with Gasteiger partial charge in [-0.05, 0) is 47.0 Å². The number of rotatable bonds is 5. The van der Waals surface area contributed by atoms with Crippen LogP contribution in [0.15, 0.2) is 32.0 Å².